The van der Waals surface area contributed by atoms with E-state index in [1.165, 1.54) is 11.3 Å². The van der Waals surface area contributed by atoms with Gasteiger partial charge in [0.1, 0.15) is 10.8 Å². The molecule has 1 aromatic heterocycles. The lowest BCUT2D eigenvalue weighted by molar-refractivity contribution is 0.0497. The van der Waals surface area contributed by atoms with Gasteiger partial charge in [-0.25, -0.2) is 4.79 Å². The first-order chi connectivity index (χ1) is 15.6. The number of rotatable bonds is 7. The molecule has 1 aliphatic carbocycles. The van der Waals surface area contributed by atoms with Gasteiger partial charge >= 0.3 is 5.97 Å². The second-order valence-corrected chi connectivity index (χ2v) is 11.8. The number of thiophene rings is 1. The molecule has 1 aliphatic heterocycles. The number of carboxylic acid groups (broad SMARTS) is 1. The zero-order chi connectivity index (χ0) is 23.8. The van der Waals surface area contributed by atoms with Crippen molar-refractivity contribution in [3.05, 3.63) is 45.8 Å². The SMILES string of the molecule is CC1(C)Cc2c(sc(NC(O)c3ccc(OCC4CCOCC4)cc3)c2C(=O)O)C(C)(C)C1. The van der Waals surface area contributed by atoms with Crippen molar-refractivity contribution in [1.29, 1.82) is 0 Å². The van der Waals surface area contributed by atoms with Crippen LogP contribution < -0.4 is 10.1 Å². The molecule has 4 rings (SSSR count). The number of nitrogens with one attached hydrogen (secondary N) is 1. The van der Waals surface area contributed by atoms with Crippen LogP contribution in [0.1, 0.15) is 79.5 Å². The van der Waals surface area contributed by atoms with Gasteiger partial charge in [-0.3, -0.25) is 0 Å². The smallest absolute Gasteiger partial charge is 0.338 e. The predicted octanol–water partition coefficient (Wildman–Crippen LogP) is 5.60. The summed E-state index contributed by atoms with van der Waals surface area (Å²) in [4.78, 5) is 13.3. The van der Waals surface area contributed by atoms with E-state index in [0.29, 0.717) is 28.7 Å². The molecule has 2 aliphatic rings. The van der Waals surface area contributed by atoms with Crippen molar-refractivity contribution >= 4 is 22.3 Å². The van der Waals surface area contributed by atoms with Crippen LogP contribution in [0.15, 0.2) is 24.3 Å². The first kappa shape index (κ1) is 24.0. The highest BCUT2D eigenvalue weighted by atomic mass is 32.1. The van der Waals surface area contributed by atoms with Crippen molar-refractivity contribution in [3.63, 3.8) is 0 Å². The van der Waals surface area contributed by atoms with E-state index in [1.807, 2.05) is 24.3 Å². The van der Waals surface area contributed by atoms with Crippen molar-refractivity contribution in [2.45, 2.75) is 65.0 Å². The molecule has 1 atom stereocenters. The van der Waals surface area contributed by atoms with Crippen LogP contribution in [0.2, 0.25) is 0 Å². The summed E-state index contributed by atoms with van der Waals surface area (Å²) in [6.07, 6.45) is 2.74. The van der Waals surface area contributed by atoms with Crippen molar-refractivity contribution in [3.8, 4) is 5.75 Å². The number of anilines is 1. The summed E-state index contributed by atoms with van der Waals surface area (Å²) in [6.45, 7) is 11.0. The van der Waals surface area contributed by atoms with Crippen LogP contribution in [-0.2, 0) is 16.6 Å². The molecule has 33 heavy (non-hydrogen) atoms. The Morgan fingerprint density at radius 2 is 1.88 bits per heavy atom. The van der Waals surface area contributed by atoms with Crippen LogP contribution in [0.4, 0.5) is 5.00 Å². The maximum absolute atomic E-state index is 12.2. The number of aliphatic hydroxyl groups excluding tert-OH is 1. The number of aromatic carboxylic acids is 1. The number of hydrogen-bond acceptors (Lipinski definition) is 6. The summed E-state index contributed by atoms with van der Waals surface area (Å²) in [5.41, 5.74) is 1.78. The Hall–Kier alpha value is -2.09. The molecule has 0 radical (unpaired) electrons. The van der Waals surface area contributed by atoms with Crippen molar-refractivity contribution in [2.24, 2.45) is 11.3 Å². The minimum atomic E-state index is -1.01. The summed E-state index contributed by atoms with van der Waals surface area (Å²) in [5.74, 6) is 0.325. The third kappa shape index (κ3) is 5.36. The molecule has 0 amide bonds. The Bertz CT molecular complexity index is 989. The molecule has 0 bridgehead atoms. The van der Waals surface area contributed by atoms with Crippen molar-refractivity contribution in [2.75, 3.05) is 25.1 Å². The Kier molecular flexibility index (Phi) is 6.76. The van der Waals surface area contributed by atoms with E-state index < -0.39 is 12.2 Å². The molecule has 3 N–H and O–H groups in total. The molecular weight excluding hydrogens is 438 g/mol. The van der Waals surface area contributed by atoms with Gasteiger partial charge in [-0.1, -0.05) is 39.8 Å². The number of hydrogen-bond donors (Lipinski definition) is 3. The third-order valence-corrected chi connectivity index (χ3v) is 8.23. The van der Waals surface area contributed by atoms with E-state index in [4.69, 9.17) is 9.47 Å². The maximum atomic E-state index is 12.2. The standard InChI is InChI=1S/C26H35NO5S/c1-25(2)13-19-20(24(29)30)23(33-21(19)26(3,4)15-25)27-22(28)17-5-7-18(8-6-17)32-14-16-9-11-31-12-10-16/h5-8,16,22,27-28H,9-15H2,1-4H3,(H,29,30). The highest BCUT2D eigenvalue weighted by Gasteiger charge is 2.42. The highest BCUT2D eigenvalue weighted by Crippen LogP contribution is 2.52. The molecule has 7 heteroatoms. The molecule has 2 heterocycles. The first-order valence-corrected chi connectivity index (χ1v) is 12.5. The van der Waals surface area contributed by atoms with Gasteiger partial charge in [0.05, 0.1) is 12.2 Å². The van der Waals surface area contributed by atoms with Gasteiger partial charge in [-0.2, -0.15) is 0 Å². The summed E-state index contributed by atoms with van der Waals surface area (Å²) < 4.78 is 11.3. The Morgan fingerprint density at radius 3 is 2.52 bits per heavy atom. The predicted molar refractivity (Wildman–Crippen MR) is 130 cm³/mol. The molecule has 1 fully saturated rings. The molecule has 0 saturated carbocycles. The van der Waals surface area contributed by atoms with Crippen LogP contribution >= 0.6 is 11.3 Å². The molecule has 0 spiro atoms. The van der Waals surface area contributed by atoms with Crippen LogP contribution in [0.25, 0.3) is 0 Å². The minimum Gasteiger partial charge on any atom is -0.493 e. The highest BCUT2D eigenvalue weighted by molar-refractivity contribution is 7.17. The molecule has 2 aromatic rings. The lowest BCUT2D eigenvalue weighted by Crippen LogP contribution is -2.34. The summed E-state index contributed by atoms with van der Waals surface area (Å²) in [7, 11) is 0. The van der Waals surface area contributed by atoms with Gasteiger partial charge in [0.2, 0.25) is 0 Å². The monoisotopic (exact) mass is 473 g/mol. The third-order valence-electron chi connectivity index (χ3n) is 6.70. The number of benzene rings is 1. The van der Waals surface area contributed by atoms with Crippen molar-refractivity contribution < 1.29 is 24.5 Å². The second kappa shape index (κ2) is 9.28. The average Bonchev–Trinajstić information content (AvgIpc) is 3.10. The molecule has 1 saturated heterocycles. The van der Waals surface area contributed by atoms with E-state index in [-0.39, 0.29) is 10.8 Å². The number of carboxylic acids is 1. The Morgan fingerprint density at radius 1 is 1.21 bits per heavy atom. The molecule has 1 unspecified atom stereocenters. The van der Waals surface area contributed by atoms with Crippen molar-refractivity contribution in [1.82, 2.24) is 0 Å². The molecule has 6 nitrogen and oxygen atoms in total. The zero-order valence-electron chi connectivity index (χ0n) is 19.9. The normalized spacial score (nSPS) is 20.6. The van der Waals surface area contributed by atoms with Crippen LogP contribution in [0, 0.1) is 11.3 Å². The first-order valence-electron chi connectivity index (χ1n) is 11.7. The van der Waals surface area contributed by atoms with Gasteiger partial charge in [-0.15, -0.1) is 11.3 Å². The zero-order valence-corrected chi connectivity index (χ0v) is 20.8. The van der Waals surface area contributed by atoms with Gasteiger partial charge in [0.25, 0.3) is 0 Å². The fourth-order valence-electron chi connectivity index (χ4n) is 5.41. The van der Waals surface area contributed by atoms with E-state index >= 15 is 0 Å². The molecule has 1 aromatic carbocycles. The Balaban J connectivity index is 1.49. The number of fused-ring (bicyclic) bond motifs is 1. The van der Waals surface area contributed by atoms with Crippen LogP contribution in [0.3, 0.4) is 0 Å². The van der Waals surface area contributed by atoms with E-state index in [0.717, 1.165) is 55.1 Å². The van der Waals surface area contributed by atoms with Crippen LogP contribution in [-0.4, -0.2) is 36.0 Å². The summed E-state index contributed by atoms with van der Waals surface area (Å²) in [6, 6.07) is 7.33. The average molecular weight is 474 g/mol. The van der Waals surface area contributed by atoms with Crippen LogP contribution in [0.5, 0.6) is 5.75 Å². The summed E-state index contributed by atoms with van der Waals surface area (Å²) >= 11 is 1.46. The number of carbonyl (C=O) groups is 1. The van der Waals surface area contributed by atoms with E-state index in [1.54, 1.807) is 0 Å². The molecule has 180 valence electrons. The molecular formula is C26H35NO5S. The quantitative estimate of drug-likeness (QED) is 0.454. The largest absolute Gasteiger partial charge is 0.493 e. The maximum Gasteiger partial charge on any atom is 0.338 e. The lowest BCUT2D eigenvalue weighted by atomic mass is 9.65. The topological polar surface area (TPSA) is 88.0 Å². The van der Waals surface area contributed by atoms with E-state index in [9.17, 15) is 15.0 Å². The summed E-state index contributed by atoms with van der Waals surface area (Å²) in [5, 5.41) is 24.4. The fraction of sp³-hybridized carbons (Fsp3) is 0.577. The number of aliphatic hydroxyl groups is 1. The van der Waals surface area contributed by atoms with Gasteiger partial charge in [-0.05, 0) is 60.1 Å². The lowest BCUT2D eigenvalue weighted by Gasteiger charge is -2.40. The fourth-order valence-corrected chi connectivity index (χ4v) is 6.74. The van der Waals surface area contributed by atoms with Gasteiger partial charge in [0, 0.05) is 23.7 Å². The van der Waals surface area contributed by atoms with Gasteiger partial charge < -0.3 is 25.0 Å². The second-order valence-electron chi connectivity index (χ2n) is 10.8. The van der Waals surface area contributed by atoms with E-state index in [2.05, 4.69) is 33.0 Å². The number of ether oxygens (including phenoxy) is 2. The Labute approximate surface area is 199 Å². The minimum absolute atomic E-state index is 0.0259. The van der Waals surface area contributed by atoms with Gasteiger partial charge in [0.15, 0.2) is 6.23 Å².